The predicted molar refractivity (Wildman–Crippen MR) is 101 cm³/mol. The lowest BCUT2D eigenvalue weighted by molar-refractivity contribution is 0.00578. The molecule has 1 N–H and O–H groups in total. The van der Waals surface area contributed by atoms with Crippen LogP contribution in [0.5, 0.6) is 0 Å². The summed E-state index contributed by atoms with van der Waals surface area (Å²) in [6, 6.07) is 8.42. The van der Waals surface area contributed by atoms with Crippen LogP contribution in [0, 0.1) is 0 Å². The molecule has 0 atom stereocenters. The number of hydrogen-bond acceptors (Lipinski definition) is 3. The maximum absolute atomic E-state index is 6.12. The molecule has 1 aromatic carbocycles. The van der Waals surface area contributed by atoms with Gasteiger partial charge in [-0.05, 0) is 51.6 Å². The molecule has 5 heteroatoms. The van der Waals surface area contributed by atoms with Crippen molar-refractivity contribution in [2.24, 2.45) is 0 Å². The summed E-state index contributed by atoms with van der Waals surface area (Å²) in [4.78, 5) is 8.12. The molecule has 1 aliphatic carbocycles. The van der Waals surface area contributed by atoms with Crippen LogP contribution >= 0.6 is 0 Å². The van der Waals surface area contributed by atoms with Crippen LogP contribution in [-0.2, 0) is 9.31 Å². The minimum atomic E-state index is -0.310. The smallest absolute Gasteiger partial charge is 0.399 e. The fraction of sp³-hybridized carbons (Fsp3) is 0.550. The second-order valence-electron chi connectivity index (χ2n) is 8.37. The number of aromatic nitrogens is 2. The van der Waals surface area contributed by atoms with Gasteiger partial charge in [0.1, 0.15) is 5.82 Å². The summed E-state index contributed by atoms with van der Waals surface area (Å²) >= 11 is 0. The Bertz CT molecular complexity index is 729. The van der Waals surface area contributed by atoms with Crippen LogP contribution in [0.4, 0.5) is 0 Å². The van der Waals surface area contributed by atoms with Gasteiger partial charge in [0, 0.05) is 5.92 Å². The molecule has 4 nitrogen and oxygen atoms in total. The summed E-state index contributed by atoms with van der Waals surface area (Å²) in [6.45, 7) is 8.32. The summed E-state index contributed by atoms with van der Waals surface area (Å²) in [5.41, 5.74) is 2.67. The number of H-pyrrole nitrogens is 1. The van der Waals surface area contributed by atoms with Crippen molar-refractivity contribution < 1.29 is 9.31 Å². The van der Waals surface area contributed by atoms with Crippen LogP contribution in [-0.4, -0.2) is 28.3 Å². The van der Waals surface area contributed by atoms with Gasteiger partial charge in [0.2, 0.25) is 0 Å². The van der Waals surface area contributed by atoms with E-state index in [1.54, 1.807) is 0 Å². The quantitative estimate of drug-likeness (QED) is 0.860. The van der Waals surface area contributed by atoms with E-state index in [1.165, 1.54) is 25.7 Å². The first-order chi connectivity index (χ1) is 11.9. The van der Waals surface area contributed by atoms with E-state index in [1.807, 2.05) is 6.20 Å². The lowest BCUT2D eigenvalue weighted by Gasteiger charge is -2.32. The summed E-state index contributed by atoms with van der Waals surface area (Å²) < 4.78 is 12.2. The van der Waals surface area contributed by atoms with Crippen molar-refractivity contribution in [3.63, 3.8) is 0 Å². The Morgan fingerprint density at radius 3 is 2.20 bits per heavy atom. The van der Waals surface area contributed by atoms with Gasteiger partial charge in [0.05, 0.1) is 23.1 Å². The highest BCUT2D eigenvalue weighted by Crippen LogP contribution is 2.37. The van der Waals surface area contributed by atoms with E-state index >= 15 is 0 Å². The third-order valence-electron chi connectivity index (χ3n) is 6.08. The van der Waals surface area contributed by atoms with Gasteiger partial charge in [-0.25, -0.2) is 4.98 Å². The molecule has 0 unspecified atom stereocenters. The number of rotatable bonds is 3. The Morgan fingerprint density at radius 1 is 1.00 bits per heavy atom. The van der Waals surface area contributed by atoms with E-state index in [2.05, 4.69) is 61.9 Å². The molecule has 1 saturated heterocycles. The third kappa shape index (κ3) is 3.04. The zero-order chi connectivity index (χ0) is 17.7. The zero-order valence-corrected chi connectivity index (χ0v) is 15.6. The SMILES string of the molecule is CC1(C)OB(c2ccc(-c3cnc(C4CCCC4)[nH]3)cc2)OC1(C)C. The molecule has 0 spiro atoms. The van der Waals surface area contributed by atoms with E-state index in [-0.39, 0.29) is 18.3 Å². The highest BCUT2D eigenvalue weighted by atomic mass is 16.7. The van der Waals surface area contributed by atoms with Crippen LogP contribution in [0.15, 0.2) is 30.5 Å². The molecule has 132 valence electrons. The van der Waals surface area contributed by atoms with E-state index in [0.29, 0.717) is 5.92 Å². The largest absolute Gasteiger partial charge is 0.494 e. The second-order valence-corrected chi connectivity index (χ2v) is 8.37. The topological polar surface area (TPSA) is 47.1 Å². The van der Waals surface area contributed by atoms with Crippen molar-refractivity contribution in [2.45, 2.75) is 70.5 Å². The maximum Gasteiger partial charge on any atom is 0.494 e. The van der Waals surface area contributed by atoms with Gasteiger partial charge in [-0.3, -0.25) is 0 Å². The molecular formula is C20H27BN2O2. The van der Waals surface area contributed by atoms with Crippen molar-refractivity contribution >= 4 is 12.6 Å². The molecule has 1 aromatic heterocycles. The second kappa shape index (κ2) is 5.99. The molecule has 4 rings (SSSR count). The monoisotopic (exact) mass is 338 g/mol. The minimum absolute atomic E-state index is 0.310. The normalized spacial score (nSPS) is 22.6. The minimum Gasteiger partial charge on any atom is -0.399 e. The molecule has 2 aromatic rings. The molecule has 1 saturated carbocycles. The summed E-state index contributed by atoms with van der Waals surface area (Å²) in [7, 11) is -0.310. The van der Waals surface area contributed by atoms with Crippen molar-refractivity contribution in [3.8, 4) is 11.3 Å². The first-order valence-electron chi connectivity index (χ1n) is 9.37. The molecule has 2 aliphatic rings. The molecular weight excluding hydrogens is 311 g/mol. The van der Waals surface area contributed by atoms with Crippen LogP contribution in [0.3, 0.4) is 0 Å². The van der Waals surface area contributed by atoms with Crippen molar-refractivity contribution in [3.05, 3.63) is 36.3 Å². The number of aromatic amines is 1. The Labute approximate surface area is 150 Å². The van der Waals surface area contributed by atoms with Gasteiger partial charge in [-0.1, -0.05) is 37.1 Å². The van der Waals surface area contributed by atoms with Crippen molar-refractivity contribution in [2.75, 3.05) is 0 Å². The fourth-order valence-corrected chi connectivity index (χ4v) is 3.69. The van der Waals surface area contributed by atoms with E-state index in [4.69, 9.17) is 9.31 Å². The molecule has 1 aliphatic heterocycles. The van der Waals surface area contributed by atoms with Crippen molar-refractivity contribution in [1.82, 2.24) is 9.97 Å². The number of nitrogens with zero attached hydrogens (tertiary/aromatic N) is 1. The van der Waals surface area contributed by atoms with Gasteiger partial charge in [-0.15, -0.1) is 0 Å². The molecule has 0 radical (unpaired) electrons. The highest BCUT2D eigenvalue weighted by Gasteiger charge is 2.51. The Morgan fingerprint density at radius 2 is 1.60 bits per heavy atom. The number of nitrogens with one attached hydrogen (secondary N) is 1. The first kappa shape index (κ1) is 16.9. The van der Waals surface area contributed by atoms with Gasteiger partial charge in [-0.2, -0.15) is 0 Å². The Balaban J connectivity index is 1.51. The number of imidazole rings is 1. The third-order valence-corrected chi connectivity index (χ3v) is 6.08. The molecule has 2 fully saturated rings. The van der Waals surface area contributed by atoms with Gasteiger partial charge in [0.25, 0.3) is 0 Å². The number of benzene rings is 1. The number of hydrogen-bond donors (Lipinski definition) is 1. The van der Waals surface area contributed by atoms with Gasteiger partial charge < -0.3 is 14.3 Å². The Kier molecular flexibility index (Phi) is 4.04. The van der Waals surface area contributed by atoms with Gasteiger partial charge in [0.15, 0.2) is 0 Å². The molecule has 0 amide bonds. The average Bonchev–Trinajstić information content (AvgIpc) is 3.28. The van der Waals surface area contributed by atoms with E-state index < -0.39 is 0 Å². The lowest BCUT2D eigenvalue weighted by Crippen LogP contribution is -2.41. The Hall–Kier alpha value is -1.59. The standard InChI is InChI=1S/C20H27BN2O2/c1-19(2)20(3,4)25-21(24-19)16-11-9-14(10-12-16)17-13-22-18(23-17)15-7-5-6-8-15/h9-13,15H,5-8H2,1-4H3,(H,22,23). The lowest BCUT2D eigenvalue weighted by atomic mass is 9.79. The molecule has 0 bridgehead atoms. The van der Waals surface area contributed by atoms with Crippen LogP contribution in [0.2, 0.25) is 0 Å². The fourth-order valence-electron chi connectivity index (χ4n) is 3.69. The molecule has 25 heavy (non-hydrogen) atoms. The van der Waals surface area contributed by atoms with Crippen LogP contribution in [0.25, 0.3) is 11.3 Å². The van der Waals surface area contributed by atoms with Gasteiger partial charge >= 0.3 is 7.12 Å². The maximum atomic E-state index is 6.12. The summed E-state index contributed by atoms with van der Waals surface area (Å²) in [5, 5.41) is 0. The van der Waals surface area contributed by atoms with E-state index in [0.717, 1.165) is 22.5 Å². The highest BCUT2D eigenvalue weighted by molar-refractivity contribution is 6.62. The summed E-state index contributed by atoms with van der Waals surface area (Å²) in [5.74, 6) is 1.75. The van der Waals surface area contributed by atoms with E-state index in [9.17, 15) is 0 Å². The zero-order valence-electron chi connectivity index (χ0n) is 15.6. The summed E-state index contributed by atoms with van der Waals surface area (Å²) in [6.07, 6.45) is 7.12. The first-order valence-corrected chi connectivity index (χ1v) is 9.37. The van der Waals surface area contributed by atoms with Crippen molar-refractivity contribution in [1.29, 1.82) is 0 Å². The predicted octanol–water partition coefficient (Wildman–Crippen LogP) is 4.03. The van der Waals surface area contributed by atoms with Crippen LogP contribution < -0.4 is 5.46 Å². The average molecular weight is 338 g/mol. The van der Waals surface area contributed by atoms with Crippen LogP contribution in [0.1, 0.15) is 65.1 Å². The molecule has 2 heterocycles.